The lowest BCUT2D eigenvalue weighted by Crippen LogP contribution is -2.30. The normalized spacial score (nSPS) is 10.5. The molecule has 0 aliphatic carbocycles. The lowest BCUT2D eigenvalue weighted by Gasteiger charge is -1.90. The van der Waals surface area contributed by atoms with E-state index in [1.54, 1.807) is 0 Å². The molecule has 0 fully saturated rings. The Kier molecular flexibility index (Phi) is 1.38. The van der Waals surface area contributed by atoms with Gasteiger partial charge in [-0.1, -0.05) is 0 Å². The fraction of sp³-hybridized carbons (Fsp3) is 0. The number of hydrogen-bond acceptors (Lipinski definition) is 4. The van der Waals surface area contributed by atoms with Crippen LogP contribution >= 0.6 is 0 Å². The predicted octanol–water partition coefficient (Wildman–Crippen LogP) is -0.00410. The third-order valence-electron chi connectivity index (χ3n) is 1.66. The Morgan fingerprint density at radius 3 is 3.15 bits per heavy atom. The van der Waals surface area contributed by atoms with Crippen LogP contribution in [0.1, 0.15) is 0 Å². The van der Waals surface area contributed by atoms with E-state index in [1.807, 2.05) is 0 Å². The highest BCUT2D eigenvalue weighted by molar-refractivity contribution is 5.77. The van der Waals surface area contributed by atoms with E-state index in [9.17, 15) is 15.3 Å². The van der Waals surface area contributed by atoms with Crippen molar-refractivity contribution in [2.45, 2.75) is 0 Å². The van der Waals surface area contributed by atoms with Crippen molar-refractivity contribution in [2.75, 3.05) is 0 Å². The Hall–Kier alpha value is -2.18. The van der Waals surface area contributed by atoms with Gasteiger partial charge in [-0.2, -0.15) is 0 Å². The van der Waals surface area contributed by atoms with E-state index in [0.717, 1.165) is 4.73 Å². The van der Waals surface area contributed by atoms with Crippen LogP contribution < -0.4 is 4.73 Å². The second-order valence-electron chi connectivity index (χ2n) is 2.40. The molecule has 0 aliphatic heterocycles. The van der Waals surface area contributed by atoms with Crippen molar-refractivity contribution in [2.24, 2.45) is 0 Å². The molecule has 0 radical (unpaired) electrons. The maximum Gasteiger partial charge on any atom is 0.394 e. The molecule has 66 valence electrons. The number of H-pyrrole nitrogens is 1. The standard InChI is InChI=1S/C6H4N4O3/c11-9-2-1-4(10(12)13)5-6(9)8-3-7-5/h1-3,11H/p+1. The smallest absolute Gasteiger partial charge is 0.350 e. The highest BCUT2D eigenvalue weighted by Crippen LogP contribution is 2.18. The SMILES string of the molecule is O=[N+]([O-])c1cc[n+](O)c2nc[nH]c12. The van der Waals surface area contributed by atoms with E-state index in [1.165, 1.54) is 18.6 Å². The predicted molar refractivity (Wildman–Crippen MR) is 40.1 cm³/mol. The first-order valence-corrected chi connectivity index (χ1v) is 3.41. The average molecular weight is 181 g/mol. The molecular weight excluding hydrogens is 176 g/mol. The summed E-state index contributed by atoms with van der Waals surface area (Å²) in [6.45, 7) is 0. The van der Waals surface area contributed by atoms with Crippen molar-refractivity contribution in [1.29, 1.82) is 0 Å². The molecule has 2 rings (SSSR count). The van der Waals surface area contributed by atoms with Gasteiger partial charge < -0.3 is 10.2 Å². The van der Waals surface area contributed by atoms with Crippen LogP contribution in [0.3, 0.4) is 0 Å². The highest BCUT2D eigenvalue weighted by atomic mass is 16.6. The van der Waals surface area contributed by atoms with E-state index in [4.69, 9.17) is 0 Å². The van der Waals surface area contributed by atoms with Gasteiger partial charge in [-0.3, -0.25) is 10.1 Å². The maximum absolute atomic E-state index is 10.5. The third kappa shape index (κ3) is 0.975. The molecule has 2 aromatic rings. The van der Waals surface area contributed by atoms with Gasteiger partial charge in [0, 0.05) is 0 Å². The number of imidazole rings is 1. The largest absolute Gasteiger partial charge is 0.394 e. The van der Waals surface area contributed by atoms with Crippen molar-refractivity contribution < 1.29 is 14.9 Å². The molecule has 2 heterocycles. The number of fused-ring (bicyclic) bond motifs is 1. The summed E-state index contributed by atoms with van der Waals surface area (Å²) in [5, 5.41) is 19.7. The van der Waals surface area contributed by atoms with Crippen molar-refractivity contribution in [3.63, 3.8) is 0 Å². The summed E-state index contributed by atoms with van der Waals surface area (Å²) in [6, 6.07) is 1.19. The highest BCUT2D eigenvalue weighted by Gasteiger charge is 2.21. The molecule has 0 atom stereocenters. The maximum atomic E-state index is 10.5. The van der Waals surface area contributed by atoms with Crippen LogP contribution in [-0.4, -0.2) is 20.1 Å². The molecular formula is C6H5N4O3+. The van der Waals surface area contributed by atoms with E-state index in [2.05, 4.69) is 9.97 Å². The van der Waals surface area contributed by atoms with Crippen LogP contribution in [0.2, 0.25) is 0 Å². The first-order chi connectivity index (χ1) is 6.20. The molecule has 0 saturated carbocycles. The van der Waals surface area contributed by atoms with Gasteiger partial charge in [0.05, 0.1) is 11.0 Å². The Morgan fingerprint density at radius 1 is 1.69 bits per heavy atom. The van der Waals surface area contributed by atoms with Crippen molar-refractivity contribution >= 4 is 16.9 Å². The lowest BCUT2D eigenvalue weighted by molar-refractivity contribution is -0.886. The summed E-state index contributed by atoms with van der Waals surface area (Å²) in [5.41, 5.74) is 0.224. The van der Waals surface area contributed by atoms with Gasteiger partial charge in [0.2, 0.25) is 11.8 Å². The van der Waals surface area contributed by atoms with Crippen LogP contribution in [0, 0.1) is 10.1 Å². The molecule has 0 amide bonds. The molecule has 2 aromatic heterocycles. The zero-order chi connectivity index (χ0) is 9.42. The average Bonchev–Trinajstić information content (AvgIpc) is 2.53. The summed E-state index contributed by atoms with van der Waals surface area (Å²) >= 11 is 0. The second kappa shape index (κ2) is 2.41. The van der Waals surface area contributed by atoms with Gasteiger partial charge in [-0.05, 0) is 9.71 Å². The number of nitrogens with zero attached hydrogens (tertiary/aromatic N) is 3. The van der Waals surface area contributed by atoms with E-state index < -0.39 is 4.92 Å². The number of aromatic nitrogens is 3. The number of nitrogens with one attached hydrogen (secondary N) is 1. The van der Waals surface area contributed by atoms with Crippen LogP contribution in [0.25, 0.3) is 11.2 Å². The van der Waals surface area contributed by atoms with Gasteiger partial charge in [0.15, 0.2) is 0 Å². The fourth-order valence-electron chi connectivity index (χ4n) is 1.10. The Labute approximate surface area is 71.4 Å². The number of hydrogen-bond donors (Lipinski definition) is 2. The topological polar surface area (TPSA) is 95.9 Å². The first kappa shape index (κ1) is 7.47. The van der Waals surface area contributed by atoms with Crippen molar-refractivity contribution in [1.82, 2.24) is 9.97 Å². The minimum absolute atomic E-state index is 0.113. The monoisotopic (exact) mass is 181 g/mol. The number of pyridine rings is 1. The van der Waals surface area contributed by atoms with Gasteiger partial charge in [-0.25, -0.2) is 0 Å². The number of rotatable bonds is 1. The summed E-state index contributed by atoms with van der Waals surface area (Å²) < 4.78 is 0.721. The van der Waals surface area contributed by atoms with Gasteiger partial charge in [0.1, 0.15) is 6.20 Å². The Bertz CT molecular complexity index is 478. The molecule has 7 nitrogen and oxygen atoms in total. The fourth-order valence-corrected chi connectivity index (χ4v) is 1.10. The molecule has 7 heteroatoms. The zero-order valence-electron chi connectivity index (χ0n) is 6.34. The van der Waals surface area contributed by atoms with E-state index in [0.29, 0.717) is 0 Å². The molecule has 13 heavy (non-hydrogen) atoms. The van der Waals surface area contributed by atoms with Crippen molar-refractivity contribution in [3.05, 3.63) is 28.7 Å². The van der Waals surface area contributed by atoms with Crippen LogP contribution in [-0.2, 0) is 0 Å². The summed E-state index contributed by atoms with van der Waals surface area (Å²) in [7, 11) is 0. The van der Waals surface area contributed by atoms with Crippen molar-refractivity contribution in [3.8, 4) is 0 Å². The molecule has 0 spiro atoms. The number of nitro groups is 1. The van der Waals surface area contributed by atoms with Gasteiger partial charge in [-0.15, -0.1) is 0 Å². The molecule has 0 bridgehead atoms. The third-order valence-corrected chi connectivity index (χ3v) is 1.66. The van der Waals surface area contributed by atoms with E-state index >= 15 is 0 Å². The van der Waals surface area contributed by atoms with Gasteiger partial charge >= 0.3 is 11.3 Å². The summed E-state index contributed by atoms with van der Waals surface area (Å²) in [6.07, 6.45) is 2.45. The Balaban J connectivity index is 2.86. The molecule has 0 saturated heterocycles. The van der Waals surface area contributed by atoms with E-state index in [-0.39, 0.29) is 16.9 Å². The molecule has 2 N–H and O–H groups in total. The van der Waals surface area contributed by atoms with Gasteiger partial charge in [0.25, 0.3) is 0 Å². The zero-order valence-corrected chi connectivity index (χ0v) is 6.34. The number of aromatic amines is 1. The first-order valence-electron chi connectivity index (χ1n) is 3.41. The minimum Gasteiger partial charge on any atom is -0.350 e. The summed E-state index contributed by atoms with van der Waals surface area (Å²) in [4.78, 5) is 16.2. The second-order valence-corrected chi connectivity index (χ2v) is 2.40. The lowest BCUT2D eigenvalue weighted by atomic mass is 10.4. The van der Waals surface area contributed by atoms with Crippen LogP contribution in [0.15, 0.2) is 18.6 Å². The van der Waals surface area contributed by atoms with Crippen LogP contribution in [0.5, 0.6) is 0 Å². The Morgan fingerprint density at radius 2 is 2.46 bits per heavy atom. The quantitative estimate of drug-likeness (QED) is 0.280. The molecule has 0 aliphatic rings. The van der Waals surface area contributed by atoms with Crippen LogP contribution in [0.4, 0.5) is 5.69 Å². The minimum atomic E-state index is -0.541. The molecule has 0 aromatic carbocycles. The molecule has 0 unspecified atom stereocenters. The summed E-state index contributed by atoms with van der Waals surface area (Å²) in [5.74, 6) is 0.